The molecule has 1 atom stereocenters. The summed E-state index contributed by atoms with van der Waals surface area (Å²) in [4.78, 5) is 4.24. The van der Waals surface area contributed by atoms with Gasteiger partial charge in [0.25, 0.3) is 0 Å². The van der Waals surface area contributed by atoms with Gasteiger partial charge in [0, 0.05) is 31.0 Å². The molecule has 0 amide bonds. The average Bonchev–Trinajstić information content (AvgIpc) is 3.02. The van der Waals surface area contributed by atoms with Crippen molar-refractivity contribution in [2.45, 2.75) is 38.5 Å². The van der Waals surface area contributed by atoms with Crippen molar-refractivity contribution in [1.29, 1.82) is 0 Å². The van der Waals surface area contributed by atoms with Crippen molar-refractivity contribution in [2.24, 2.45) is 4.99 Å². The van der Waals surface area contributed by atoms with Gasteiger partial charge in [-0.3, -0.25) is 4.99 Å². The maximum absolute atomic E-state index is 5.15. The van der Waals surface area contributed by atoms with E-state index in [2.05, 4.69) is 20.8 Å². The number of guanidine groups is 1. The van der Waals surface area contributed by atoms with Crippen LogP contribution >= 0.6 is 35.7 Å². The van der Waals surface area contributed by atoms with Crippen molar-refractivity contribution in [3.63, 3.8) is 0 Å². The molecule has 1 unspecified atom stereocenters. The predicted octanol–water partition coefficient (Wildman–Crippen LogP) is 2.47. The van der Waals surface area contributed by atoms with Crippen LogP contribution in [0.3, 0.4) is 0 Å². The van der Waals surface area contributed by atoms with Crippen molar-refractivity contribution >= 4 is 41.7 Å². The molecule has 0 aromatic carbocycles. The third kappa shape index (κ3) is 4.83. The van der Waals surface area contributed by atoms with Crippen molar-refractivity contribution in [2.75, 3.05) is 19.3 Å². The molecule has 0 bridgehead atoms. The molecule has 1 aliphatic rings. The summed E-state index contributed by atoms with van der Waals surface area (Å²) >= 11 is 2.05. The molecular formula is C13H23IN4OS. The van der Waals surface area contributed by atoms with E-state index in [-0.39, 0.29) is 24.0 Å². The summed E-state index contributed by atoms with van der Waals surface area (Å²) in [6.07, 6.45) is 2.64. The molecule has 5 nitrogen and oxygen atoms in total. The first kappa shape index (κ1) is 17.6. The van der Waals surface area contributed by atoms with Crippen LogP contribution in [0.4, 0.5) is 0 Å². The molecular weight excluding hydrogens is 387 g/mol. The van der Waals surface area contributed by atoms with Crippen molar-refractivity contribution in [1.82, 2.24) is 15.8 Å². The second-order valence-corrected chi connectivity index (χ2v) is 6.15. The van der Waals surface area contributed by atoms with Gasteiger partial charge >= 0.3 is 0 Å². The Balaban J connectivity index is 0.00000200. The summed E-state index contributed by atoms with van der Waals surface area (Å²) in [5.41, 5.74) is 2.05. The molecule has 114 valence electrons. The van der Waals surface area contributed by atoms with E-state index in [1.807, 2.05) is 25.6 Å². The normalized spacial score (nSPS) is 18.8. The molecule has 0 radical (unpaired) electrons. The van der Waals surface area contributed by atoms with Crippen LogP contribution in [0.15, 0.2) is 9.52 Å². The highest BCUT2D eigenvalue weighted by Crippen LogP contribution is 2.25. The fourth-order valence-corrected chi connectivity index (χ4v) is 3.36. The molecule has 20 heavy (non-hydrogen) atoms. The van der Waals surface area contributed by atoms with Gasteiger partial charge in [-0.25, -0.2) is 0 Å². The second kappa shape index (κ2) is 8.76. The van der Waals surface area contributed by atoms with Crippen LogP contribution in [0.1, 0.15) is 29.9 Å². The van der Waals surface area contributed by atoms with Crippen LogP contribution in [0.5, 0.6) is 0 Å². The van der Waals surface area contributed by atoms with Crippen LogP contribution in [0, 0.1) is 13.8 Å². The van der Waals surface area contributed by atoms with E-state index < -0.39 is 0 Å². The highest BCUT2D eigenvalue weighted by Gasteiger charge is 2.16. The molecule has 1 aliphatic heterocycles. The standard InChI is InChI=1S/C13H22N4OS.HI/c1-9-12(10(2)18-17-9)8-16-13(14-3)15-7-11-5-4-6-19-11;/h11H,4-8H2,1-3H3,(H2,14,15,16);1H. The van der Waals surface area contributed by atoms with E-state index >= 15 is 0 Å². The Bertz CT molecular complexity index is 424. The number of halogens is 1. The molecule has 0 saturated carbocycles. The van der Waals surface area contributed by atoms with E-state index in [9.17, 15) is 0 Å². The molecule has 2 rings (SSSR count). The molecule has 7 heteroatoms. The quantitative estimate of drug-likeness (QED) is 0.454. The summed E-state index contributed by atoms with van der Waals surface area (Å²) in [5.74, 6) is 3.00. The van der Waals surface area contributed by atoms with Gasteiger partial charge in [0.15, 0.2) is 5.96 Å². The first-order chi connectivity index (χ1) is 9.20. The van der Waals surface area contributed by atoms with Gasteiger partial charge in [-0.1, -0.05) is 5.16 Å². The third-order valence-corrected chi connectivity index (χ3v) is 4.76. The summed E-state index contributed by atoms with van der Waals surface area (Å²) in [7, 11) is 1.80. The van der Waals surface area contributed by atoms with Crippen LogP contribution in [0.2, 0.25) is 0 Å². The van der Waals surface area contributed by atoms with Gasteiger partial charge in [0.1, 0.15) is 5.76 Å². The van der Waals surface area contributed by atoms with E-state index in [1.54, 1.807) is 7.05 Å². The number of aliphatic imine (C=N–C) groups is 1. The summed E-state index contributed by atoms with van der Waals surface area (Å²) < 4.78 is 5.15. The maximum atomic E-state index is 5.15. The Morgan fingerprint density at radius 1 is 1.45 bits per heavy atom. The fraction of sp³-hybridized carbons (Fsp3) is 0.692. The zero-order valence-electron chi connectivity index (χ0n) is 12.2. The third-order valence-electron chi connectivity index (χ3n) is 3.36. The van der Waals surface area contributed by atoms with Gasteiger partial charge in [-0.05, 0) is 32.4 Å². The van der Waals surface area contributed by atoms with Crippen LogP contribution < -0.4 is 10.6 Å². The van der Waals surface area contributed by atoms with Gasteiger partial charge in [-0.2, -0.15) is 11.8 Å². The maximum Gasteiger partial charge on any atom is 0.191 e. The number of nitrogens with one attached hydrogen (secondary N) is 2. The van der Waals surface area contributed by atoms with Crippen molar-refractivity contribution < 1.29 is 4.52 Å². The molecule has 2 N–H and O–H groups in total. The van der Waals surface area contributed by atoms with E-state index in [0.29, 0.717) is 6.54 Å². The number of hydrogen-bond donors (Lipinski definition) is 2. The molecule has 1 aromatic heterocycles. The zero-order valence-corrected chi connectivity index (χ0v) is 15.4. The summed E-state index contributed by atoms with van der Waals surface area (Å²) in [6, 6.07) is 0. The van der Waals surface area contributed by atoms with Crippen LogP contribution in [-0.2, 0) is 6.54 Å². The van der Waals surface area contributed by atoms with E-state index in [0.717, 1.165) is 34.8 Å². The van der Waals surface area contributed by atoms with Gasteiger partial charge in [0.05, 0.1) is 5.69 Å². The summed E-state index contributed by atoms with van der Waals surface area (Å²) in [6.45, 7) is 5.56. The predicted molar refractivity (Wildman–Crippen MR) is 95.1 cm³/mol. The molecule has 1 aromatic rings. The first-order valence-electron chi connectivity index (χ1n) is 6.68. The van der Waals surface area contributed by atoms with E-state index in [4.69, 9.17) is 4.52 Å². The second-order valence-electron chi connectivity index (χ2n) is 4.74. The number of aryl methyl sites for hydroxylation is 2. The monoisotopic (exact) mass is 410 g/mol. The minimum atomic E-state index is 0. The molecule has 1 saturated heterocycles. The van der Waals surface area contributed by atoms with Crippen molar-refractivity contribution in [3.05, 3.63) is 17.0 Å². The zero-order chi connectivity index (χ0) is 13.7. The summed E-state index contributed by atoms with van der Waals surface area (Å²) in [5, 5.41) is 11.4. The molecule has 1 fully saturated rings. The lowest BCUT2D eigenvalue weighted by Crippen LogP contribution is -2.39. The Kier molecular flexibility index (Phi) is 7.71. The smallest absolute Gasteiger partial charge is 0.191 e. The number of thioether (sulfide) groups is 1. The Morgan fingerprint density at radius 2 is 2.25 bits per heavy atom. The average molecular weight is 410 g/mol. The lowest BCUT2D eigenvalue weighted by atomic mass is 10.2. The fourth-order valence-electron chi connectivity index (χ4n) is 2.16. The number of nitrogens with zero attached hydrogens (tertiary/aromatic N) is 2. The van der Waals surface area contributed by atoms with Crippen molar-refractivity contribution in [3.8, 4) is 0 Å². The lowest BCUT2D eigenvalue weighted by Gasteiger charge is -2.14. The Hall–Kier alpha value is -0.440. The molecule has 2 heterocycles. The number of hydrogen-bond acceptors (Lipinski definition) is 4. The highest BCUT2D eigenvalue weighted by molar-refractivity contribution is 14.0. The van der Waals surface area contributed by atoms with E-state index in [1.165, 1.54) is 18.6 Å². The largest absolute Gasteiger partial charge is 0.361 e. The lowest BCUT2D eigenvalue weighted by molar-refractivity contribution is 0.392. The number of aromatic nitrogens is 1. The Labute approximate surface area is 141 Å². The first-order valence-corrected chi connectivity index (χ1v) is 7.73. The van der Waals surface area contributed by atoms with Gasteiger partial charge in [-0.15, -0.1) is 24.0 Å². The number of rotatable bonds is 4. The highest BCUT2D eigenvalue weighted by atomic mass is 127. The SMILES string of the molecule is CN=C(NCc1c(C)noc1C)NCC1CCCS1.I. The van der Waals surface area contributed by atoms with Gasteiger partial charge in [0.2, 0.25) is 0 Å². The topological polar surface area (TPSA) is 62.5 Å². The Morgan fingerprint density at radius 3 is 2.80 bits per heavy atom. The minimum absolute atomic E-state index is 0. The molecule has 0 aliphatic carbocycles. The minimum Gasteiger partial charge on any atom is -0.361 e. The van der Waals surface area contributed by atoms with Crippen LogP contribution in [0.25, 0.3) is 0 Å². The van der Waals surface area contributed by atoms with Gasteiger partial charge < -0.3 is 15.2 Å². The van der Waals surface area contributed by atoms with Crippen LogP contribution in [-0.4, -0.2) is 35.7 Å². The molecule has 0 spiro atoms.